The van der Waals surface area contributed by atoms with E-state index in [0.717, 1.165) is 5.56 Å². The van der Waals surface area contributed by atoms with E-state index < -0.39 is 10.0 Å². The molecule has 4 nitrogen and oxygen atoms in total. The molecule has 0 fully saturated rings. The van der Waals surface area contributed by atoms with E-state index in [-0.39, 0.29) is 15.8 Å². The molecule has 3 aromatic rings. The summed E-state index contributed by atoms with van der Waals surface area (Å²) >= 11 is 16.7. The van der Waals surface area contributed by atoms with Crippen molar-refractivity contribution < 1.29 is 8.42 Å². The van der Waals surface area contributed by atoms with Crippen LogP contribution in [0.2, 0.25) is 5.02 Å². The van der Waals surface area contributed by atoms with E-state index in [1.165, 1.54) is 16.4 Å². The highest BCUT2D eigenvalue weighted by Crippen LogP contribution is 2.37. The van der Waals surface area contributed by atoms with Gasteiger partial charge in [-0.2, -0.15) is 0 Å². The van der Waals surface area contributed by atoms with Crippen molar-refractivity contribution >= 4 is 75.1 Å². The summed E-state index contributed by atoms with van der Waals surface area (Å²) in [4.78, 5) is 4.47. The van der Waals surface area contributed by atoms with E-state index in [2.05, 4.69) is 52.8 Å². The van der Waals surface area contributed by atoms with Gasteiger partial charge in [-0.05, 0) is 54.1 Å². The summed E-state index contributed by atoms with van der Waals surface area (Å²) in [5.74, 6) is 0. The van der Waals surface area contributed by atoms with E-state index in [0.29, 0.717) is 27.1 Å². The molecule has 0 aliphatic rings. The fraction of sp³-hybridized carbons (Fsp3) is 0.190. The third-order valence-electron chi connectivity index (χ3n) is 4.53. The number of hydrogen-bond donors (Lipinski definition) is 0. The van der Waals surface area contributed by atoms with Crippen molar-refractivity contribution in [3.63, 3.8) is 0 Å². The molecule has 0 spiro atoms. The van der Waals surface area contributed by atoms with Gasteiger partial charge in [-0.15, -0.1) is 0 Å². The van der Waals surface area contributed by atoms with Crippen molar-refractivity contribution in [3.05, 3.63) is 89.2 Å². The summed E-state index contributed by atoms with van der Waals surface area (Å²) in [6, 6.07) is 19.1. The molecular formula is C21H18Br3ClN2O2S. The molecule has 0 amide bonds. The Morgan fingerprint density at radius 1 is 0.933 bits per heavy atom. The van der Waals surface area contributed by atoms with Gasteiger partial charge in [0.1, 0.15) is 0 Å². The summed E-state index contributed by atoms with van der Waals surface area (Å²) in [6.45, 7) is 0.113. The maximum Gasteiger partial charge on any atom is 0.264 e. The van der Waals surface area contributed by atoms with Crippen molar-refractivity contribution in [2.45, 2.75) is 15.8 Å². The van der Waals surface area contributed by atoms with Crippen molar-refractivity contribution in [1.29, 1.82) is 0 Å². The zero-order chi connectivity index (χ0) is 21.8. The topological polar surface area (TPSA) is 50.3 Å². The molecule has 0 N–H and O–H groups in total. The molecule has 9 heteroatoms. The Hall–Kier alpha value is -0.930. The van der Waals surface area contributed by atoms with Gasteiger partial charge in [-0.1, -0.05) is 77.6 Å². The predicted molar refractivity (Wildman–Crippen MR) is 134 cm³/mol. The summed E-state index contributed by atoms with van der Waals surface area (Å²) in [5.41, 5.74) is 2.23. The fourth-order valence-electron chi connectivity index (χ4n) is 2.80. The fourth-order valence-corrected chi connectivity index (χ4v) is 6.21. The van der Waals surface area contributed by atoms with Crippen LogP contribution in [-0.2, 0) is 20.9 Å². The van der Waals surface area contributed by atoms with Gasteiger partial charge >= 0.3 is 0 Å². The Morgan fingerprint density at radius 2 is 1.57 bits per heavy atom. The summed E-state index contributed by atoms with van der Waals surface area (Å²) in [5, 5.41) is 1.88. The van der Waals surface area contributed by atoms with Crippen LogP contribution in [0.1, 0.15) is 11.3 Å². The highest BCUT2D eigenvalue weighted by Gasteiger charge is 2.29. The highest BCUT2D eigenvalue weighted by molar-refractivity contribution is 9.13. The molecule has 0 radical (unpaired) electrons. The van der Waals surface area contributed by atoms with E-state index in [1.807, 2.05) is 30.3 Å². The van der Waals surface area contributed by atoms with Crippen molar-refractivity contribution in [2.75, 3.05) is 15.0 Å². The number of hydrogen-bond acceptors (Lipinski definition) is 3. The van der Waals surface area contributed by atoms with Gasteiger partial charge < -0.3 is 0 Å². The van der Waals surface area contributed by atoms with Crippen LogP contribution in [0.15, 0.2) is 77.8 Å². The number of pyridine rings is 1. The minimum absolute atomic E-state index is 0.113. The Morgan fingerprint density at radius 3 is 2.10 bits per heavy atom. The van der Waals surface area contributed by atoms with Gasteiger partial charge in [-0.25, -0.2) is 8.42 Å². The predicted octanol–water partition coefficient (Wildman–Crippen LogP) is 6.51. The van der Waals surface area contributed by atoms with Crippen LogP contribution < -0.4 is 4.31 Å². The lowest BCUT2D eigenvalue weighted by Crippen LogP contribution is -2.31. The normalized spacial score (nSPS) is 12.0. The number of benzene rings is 2. The number of sulfonamides is 1. The molecule has 0 saturated heterocycles. The van der Waals surface area contributed by atoms with Crippen molar-refractivity contribution in [1.82, 2.24) is 4.98 Å². The largest absolute Gasteiger partial charge is 0.264 e. The van der Waals surface area contributed by atoms with Gasteiger partial charge in [0.05, 0.1) is 27.1 Å². The molecule has 1 aromatic heterocycles. The summed E-state index contributed by atoms with van der Waals surface area (Å²) in [7, 11) is -3.82. The first-order chi connectivity index (χ1) is 14.3. The number of nitrogens with zero attached hydrogens (tertiary/aromatic N) is 2. The molecule has 1 heterocycles. The van der Waals surface area contributed by atoms with Crippen LogP contribution in [0.25, 0.3) is 0 Å². The molecule has 0 unspecified atom stereocenters. The van der Waals surface area contributed by atoms with Gasteiger partial charge in [-0.3, -0.25) is 9.29 Å². The zero-order valence-electron chi connectivity index (χ0n) is 15.7. The van der Waals surface area contributed by atoms with Crippen molar-refractivity contribution in [3.8, 4) is 0 Å². The molecule has 0 aliphatic heterocycles. The maximum atomic E-state index is 13.5. The number of aromatic nitrogens is 1. The minimum Gasteiger partial charge on any atom is -0.260 e. The van der Waals surface area contributed by atoms with Gasteiger partial charge in [0.25, 0.3) is 10.0 Å². The zero-order valence-corrected chi connectivity index (χ0v) is 22.0. The van der Waals surface area contributed by atoms with E-state index in [1.54, 1.807) is 30.5 Å². The average molecular weight is 638 g/mol. The lowest BCUT2D eigenvalue weighted by atomic mass is 10.0. The minimum atomic E-state index is -3.82. The van der Waals surface area contributed by atoms with Crippen molar-refractivity contribution in [2.24, 2.45) is 0 Å². The lowest BCUT2D eigenvalue weighted by molar-refractivity contribution is 0.590. The second-order valence-corrected chi connectivity index (χ2v) is 11.5. The Labute approximate surface area is 207 Å². The van der Waals surface area contributed by atoms with Gasteiger partial charge in [0.15, 0.2) is 0 Å². The molecule has 30 heavy (non-hydrogen) atoms. The van der Waals surface area contributed by atoms with Crippen LogP contribution in [0.5, 0.6) is 0 Å². The third kappa shape index (κ3) is 5.27. The molecular weight excluding hydrogens is 619 g/mol. The lowest BCUT2D eigenvalue weighted by Gasteiger charge is -2.27. The third-order valence-corrected chi connectivity index (χ3v) is 11.0. The molecule has 0 aliphatic carbocycles. The van der Waals surface area contributed by atoms with Crippen LogP contribution in [0.4, 0.5) is 5.69 Å². The van der Waals surface area contributed by atoms with Crippen LogP contribution in [0, 0.1) is 0 Å². The molecule has 0 atom stereocenters. The molecule has 2 aromatic carbocycles. The smallest absolute Gasteiger partial charge is 0.260 e. The maximum absolute atomic E-state index is 13.5. The molecule has 0 bridgehead atoms. The monoisotopic (exact) mass is 634 g/mol. The summed E-state index contributed by atoms with van der Waals surface area (Å²) < 4.78 is 28.0. The number of rotatable bonds is 8. The van der Waals surface area contributed by atoms with Crippen LogP contribution >= 0.6 is 59.4 Å². The van der Waals surface area contributed by atoms with E-state index in [4.69, 9.17) is 11.6 Å². The van der Waals surface area contributed by atoms with Gasteiger partial charge in [0.2, 0.25) is 0 Å². The molecule has 158 valence electrons. The first-order valence-corrected chi connectivity index (χ1v) is 13.8. The number of anilines is 1. The molecule has 3 rings (SSSR count). The first-order valence-electron chi connectivity index (χ1n) is 8.90. The second-order valence-electron chi connectivity index (χ2n) is 6.57. The highest BCUT2D eigenvalue weighted by atomic mass is 79.9. The van der Waals surface area contributed by atoms with Crippen LogP contribution in [0.3, 0.4) is 0 Å². The number of halogens is 4. The first kappa shape index (κ1) is 23.7. The second kappa shape index (κ2) is 10.1. The molecule has 0 saturated carbocycles. The Bertz CT molecular complexity index is 1080. The van der Waals surface area contributed by atoms with Gasteiger partial charge in [0, 0.05) is 21.9 Å². The van der Waals surface area contributed by atoms with Crippen LogP contribution in [-0.4, -0.2) is 24.1 Å². The summed E-state index contributed by atoms with van der Waals surface area (Å²) in [6.07, 6.45) is 1.65. The van der Waals surface area contributed by atoms with E-state index in [9.17, 15) is 8.42 Å². The number of alkyl halides is 3. The Balaban J connectivity index is 2.05. The SMILES string of the molecule is O=S(=O)(c1ccc(Cl)cc1)N(Cc1ccccn1)c1ccc(C(Br)(CBr)CBr)cc1. The van der Waals surface area contributed by atoms with E-state index >= 15 is 0 Å². The Kier molecular flexibility index (Phi) is 8.01. The standard InChI is InChI=1S/C21H18Br3ClN2O2S/c22-14-21(24,15-23)16-4-8-19(9-5-16)27(13-18-3-1-2-12-26-18)30(28,29)20-10-6-17(25)7-11-20/h1-12H,13-15H2. The quantitative estimate of drug-likeness (QED) is 0.265. The average Bonchev–Trinajstić information content (AvgIpc) is 2.78.